The first kappa shape index (κ1) is 23.7. The van der Waals surface area contributed by atoms with Crippen LogP contribution < -0.4 is 15.1 Å². The summed E-state index contributed by atoms with van der Waals surface area (Å²) in [5.74, 6) is -0.536. The lowest BCUT2D eigenvalue weighted by Gasteiger charge is -2.19. The summed E-state index contributed by atoms with van der Waals surface area (Å²) in [6.45, 7) is 9.13. The second kappa shape index (κ2) is 9.26. The van der Waals surface area contributed by atoms with Crippen molar-refractivity contribution < 1.29 is 22.4 Å². The van der Waals surface area contributed by atoms with Gasteiger partial charge in [-0.25, -0.2) is 18.0 Å². The molecule has 1 heterocycles. The quantitative estimate of drug-likeness (QED) is 0.327. The lowest BCUT2D eigenvalue weighted by atomic mass is 10.0. The molecule has 8 heteroatoms. The molecule has 3 aromatic rings. The SMILES string of the molecule is Cc1ccc(S(=O)(=O)N[C@H](CC(C)C)C(=O)Oc2ccc3c(C)c(C)c(=O)oc3c2)cc1. The van der Waals surface area contributed by atoms with Crippen LogP contribution in [0, 0.1) is 26.7 Å². The van der Waals surface area contributed by atoms with Gasteiger partial charge < -0.3 is 9.15 Å². The van der Waals surface area contributed by atoms with Gasteiger partial charge in [-0.1, -0.05) is 31.5 Å². The molecule has 0 fully saturated rings. The third-order valence-corrected chi connectivity index (χ3v) is 6.75. The molecule has 0 amide bonds. The molecule has 0 spiro atoms. The van der Waals surface area contributed by atoms with Crippen LogP contribution in [-0.4, -0.2) is 20.4 Å². The Hall–Kier alpha value is -2.97. The fourth-order valence-electron chi connectivity index (χ4n) is 3.32. The van der Waals surface area contributed by atoms with Crippen molar-refractivity contribution in [1.82, 2.24) is 4.72 Å². The summed E-state index contributed by atoms with van der Waals surface area (Å²) in [6, 6.07) is 10.0. The zero-order chi connectivity index (χ0) is 23.6. The minimum Gasteiger partial charge on any atom is -0.425 e. The Labute approximate surface area is 187 Å². The van der Waals surface area contributed by atoms with Gasteiger partial charge in [-0.05, 0) is 62.9 Å². The maximum Gasteiger partial charge on any atom is 0.339 e. The maximum atomic E-state index is 12.9. The van der Waals surface area contributed by atoms with Crippen molar-refractivity contribution in [3.8, 4) is 5.75 Å². The van der Waals surface area contributed by atoms with Gasteiger partial charge in [0.2, 0.25) is 10.0 Å². The van der Waals surface area contributed by atoms with Gasteiger partial charge in [0.05, 0.1) is 4.90 Å². The fraction of sp³-hybridized carbons (Fsp3) is 0.333. The number of carbonyl (C=O) groups is 1. The van der Waals surface area contributed by atoms with Gasteiger partial charge in [0.1, 0.15) is 17.4 Å². The Balaban J connectivity index is 1.87. The Morgan fingerprint density at radius 3 is 2.31 bits per heavy atom. The molecule has 0 aliphatic carbocycles. The highest BCUT2D eigenvalue weighted by Gasteiger charge is 2.28. The van der Waals surface area contributed by atoms with Crippen molar-refractivity contribution in [3.05, 3.63) is 69.6 Å². The van der Waals surface area contributed by atoms with Crippen LogP contribution in [0.25, 0.3) is 11.0 Å². The first-order valence-corrected chi connectivity index (χ1v) is 11.8. The molecule has 1 aromatic heterocycles. The van der Waals surface area contributed by atoms with Crippen molar-refractivity contribution in [2.75, 3.05) is 0 Å². The van der Waals surface area contributed by atoms with Gasteiger partial charge in [-0.3, -0.25) is 0 Å². The molecule has 3 rings (SSSR count). The van der Waals surface area contributed by atoms with E-state index in [-0.39, 0.29) is 23.0 Å². The predicted molar refractivity (Wildman–Crippen MR) is 122 cm³/mol. The van der Waals surface area contributed by atoms with Gasteiger partial charge in [-0.15, -0.1) is 0 Å². The molecule has 170 valence electrons. The Kier molecular flexibility index (Phi) is 6.85. The summed E-state index contributed by atoms with van der Waals surface area (Å²) in [4.78, 5) is 24.9. The molecule has 7 nitrogen and oxygen atoms in total. The molecule has 0 saturated heterocycles. The van der Waals surface area contributed by atoms with E-state index < -0.39 is 27.7 Å². The zero-order valence-corrected chi connectivity index (χ0v) is 19.6. The van der Waals surface area contributed by atoms with Crippen LogP contribution in [0.4, 0.5) is 0 Å². The summed E-state index contributed by atoms with van der Waals surface area (Å²) < 4.78 is 38.9. The Bertz CT molecular complexity index is 1310. The topological polar surface area (TPSA) is 103 Å². The molecule has 32 heavy (non-hydrogen) atoms. The number of nitrogens with one attached hydrogen (secondary N) is 1. The van der Waals surface area contributed by atoms with Crippen LogP contribution in [0.1, 0.15) is 37.0 Å². The average Bonchev–Trinajstić information content (AvgIpc) is 2.71. The molecule has 0 radical (unpaired) electrons. The molecule has 1 N–H and O–H groups in total. The van der Waals surface area contributed by atoms with Crippen molar-refractivity contribution in [3.63, 3.8) is 0 Å². The van der Waals surface area contributed by atoms with E-state index in [4.69, 9.17) is 9.15 Å². The normalized spacial score (nSPS) is 12.8. The van der Waals surface area contributed by atoms with Gasteiger partial charge in [-0.2, -0.15) is 4.72 Å². The summed E-state index contributed by atoms with van der Waals surface area (Å²) in [7, 11) is -3.92. The van der Waals surface area contributed by atoms with Crippen molar-refractivity contribution in [2.45, 2.75) is 52.0 Å². The van der Waals surface area contributed by atoms with Crippen LogP contribution in [0.3, 0.4) is 0 Å². The minimum atomic E-state index is -3.92. The van der Waals surface area contributed by atoms with Crippen LogP contribution >= 0.6 is 0 Å². The van der Waals surface area contributed by atoms with Crippen molar-refractivity contribution >= 4 is 27.0 Å². The standard InChI is InChI=1S/C24H27NO6S/c1-14(2)12-21(25-32(28,29)19-9-6-15(3)7-10-19)24(27)30-18-8-11-20-16(4)17(5)23(26)31-22(20)13-18/h6-11,13-14,21,25H,12H2,1-5H3/t21-/m1/s1. The second-order valence-electron chi connectivity index (χ2n) is 8.34. The van der Waals surface area contributed by atoms with E-state index in [9.17, 15) is 18.0 Å². The zero-order valence-electron chi connectivity index (χ0n) is 18.8. The summed E-state index contributed by atoms with van der Waals surface area (Å²) >= 11 is 0. The highest BCUT2D eigenvalue weighted by atomic mass is 32.2. The molecule has 0 bridgehead atoms. The number of aryl methyl sites for hydroxylation is 2. The molecular formula is C24H27NO6S. The highest BCUT2D eigenvalue weighted by molar-refractivity contribution is 7.89. The van der Waals surface area contributed by atoms with Crippen LogP contribution in [0.2, 0.25) is 0 Å². The van der Waals surface area contributed by atoms with E-state index in [1.165, 1.54) is 18.2 Å². The number of fused-ring (bicyclic) bond motifs is 1. The van der Waals surface area contributed by atoms with Crippen LogP contribution in [0.15, 0.2) is 56.6 Å². The van der Waals surface area contributed by atoms with Crippen LogP contribution in [-0.2, 0) is 14.8 Å². The fourth-order valence-corrected chi connectivity index (χ4v) is 4.51. The number of hydrogen-bond donors (Lipinski definition) is 1. The monoisotopic (exact) mass is 457 g/mol. The van der Waals surface area contributed by atoms with Gasteiger partial charge in [0.15, 0.2) is 0 Å². The van der Waals surface area contributed by atoms with E-state index in [0.29, 0.717) is 11.1 Å². The van der Waals surface area contributed by atoms with Crippen LogP contribution in [0.5, 0.6) is 5.75 Å². The average molecular weight is 458 g/mol. The first-order chi connectivity index (χ1) is 15.0. The maximum absolute atomic E-state index is 12.9. The van der Waals surface area contributed by atoms with E-state index >= 15 is 0 Å². The molecule has 0 aliphatic heterocycles. The Morgan fingerprint density at radius 2 is 1.69 bits per heavy atom. The van der Waals surface area contributed by atoms with Gasteiger partial charge in [0.25, 0.3) is 0 Å². The molecular weight excluding hydrogens is 430 g/mol. The lowest BCUT2D eigenvalue weighted by Crippen LogP contribution is -2.43. The molecule has 0 unspecified atom stereocenters. The molecule has 1 atom stereocenters. The van der Waals surface area contributed by atoms with Crippen molar-refractivity contribution in [2.24, 2.45) is 5.92 Å². The van der Waals surface area contributed by atoms with E-state index in [2.05, 4.69) is 4.72 Å². The number of hydrogen-bond acceptors (Lipinski definition) is 6. The largest absolute Gasteiger partial charge is 0.425 e. The van der Waals surface area contributed by atoms with E-state index in [0.717, 1.165) is 16.5 Å². The third-order valence-electron chi connectivity index (χ3n) is 5.27. The number of sulfonamides is 1. The molecule has 0 aliphatic rings. The first-order valence-electron chi connectivity index (χ1n) is 10.3. The van der Waals surface area contributed by atoms with Gasteiger partial charge in [0, 0.05) is 17.0 Å². The van der Waals surface area contributed by atoms with E-state index in [1.807, 2.05) is 27.7 Å². The molecule has 2 aromatic carbocycles. The number of rotatable bonds is 7. The number of esters is 1. The summed E-state index contributed by atoms with van der Waals surface area (Å²) in [6.07, 6.45) is 0.255. The third kappa shape index (κ3) is 5.26. The summed E-state index contributed by atoms with van der Waals surface area (Å²) in [5, 5.41) is 0.737. The number of ether oxygens (including phenoxy) is 1. The smallest absolute Gasteiger partial charge is 0.339 e. The highest BCUT2D eigenvalue weighted by Crippen LogP contribution is 2.24. The predicted octanol–water partition coefficient (Wildman–Crippen LogP) is 4.02. The minimum absolute atomic E-state index is 0.0357. The van der Waals surface area contributed by atoms with Gasteiger partial charge >= 0.3 is 11.6 Å². The second-order valence-corrected chi connectivity index (χ2v) is 10.0. The Morgan fingerprint density at radius 1 is 1.03 bits per heavy atom. The van der Waals surface area contributed by atoms with Crippen molar-refractivity contribution in [1.29, 1.82) is 0 Å². The number of benzene rings is 2. The number of carbonyl (C=O) groups excluding carboxylic acids is 1. The lowest BCUT2D eigenvalue weighted by molar-refractivity contribution is -0.136. The summed E-state index contributed by atoms with van der Waals surface area (Å²) in [5.41, 5.74) is 2.07. The van der Waals surface area contributed by atoms with E-state index in [1.54, 1.807) is 31.2 Å². The molecule has 0 saturated carbocycles.